The van der Waals surface area contributed by atoms with Crippen LogP contribution in [0.25, 0.3) is 0 Å². The Kier molecular flexibility index (Phi) is 7.15. The Morgan fingerprint density at radius 1 is 1.37 bits per heavy atom. The van der Waals surface area contributed by atoms with Crippen molar-refractivity contribution in [2.24, 2.45) is 0 Å². The summed E-state index contributed by atoms with van der Waals surface area (Å²) in [5.74, 6) is -1.24. The van der Waals surface area contributed by atoms with E-state index in [4.69, 9.17) is 9.84 Å². The Morgan fingerprint density at radius 3 is 2.63 bits per heavy atom. The highest BCUT2D eigenvalue weighted by Gasteiger charge is 2.12. The van der Waals surface area contributed by atoms with Crippen molar-refractivity contribution in [3.63, 3.8) is 0 Å². The lowest BCUT2D eigenvalue weighted by Gasteiger charge is -2.09. The number of aliphatic carboxylic acids is 1. The standard InChI is InChI=1S/C15H23NO3/c1-3-19-10-4-9-16-11-13-5-7-14(8-6-13)12(2)15(17)18/h5-8,12,16H,3-4,9-11H2,1-2H3,(H,17,18). The zero-order chi connectivity index (χ0) is 14.1. The maximum absolute atomic E-state index is 10.9. The van der Waals surface area contributed by atoms with Crippen molar-refractivity contribution in [2.75, 3.05) is 19.8 Å². The summed E-state index contributed by atoms with van der Waals surface area (Å²) in [6.07, 6.45) is 1.00. The predicted molar refractivity (Wildman–Crippen MR) is 75.3 cm³/mol. The average Bonchev–Trinajstić information content (AvgIpc) is 2.42. The molecule has 1 atom stereocenters. The number of hydrogen-bond acceptors (Lipinski definition) is 3. The molecule has 0 radical (unpaired) electrons. The van der Waals surface area contributed by atoms with Crippen molar-refractivity contribution in [1.82, 2.24) is 5.32 Å². The molecule has 1 unspecified atom stereocenters. The summed E-state index contributed by atoms with van der Waals surface area (Å²) >= 11 is 0. The molecule has 0 aliphatic rings. The first-order valence-electron chi connectivity index (χ1n) is 6.75. The topological polar surface area (TPSA) is 58.6 Å². The van der Waals surface area contributed by atoms with Gasteiger partial charge in [0.05, 0.1) is 5.92 Å². The normalized spacial score (nSPS) is 12.3. The molecule has 0 spiro atoms. The summed E-state index contributed by atoms with van der Waals surface area (Å²) in [5, 5.41) is 12.3. The molecule has 1 rings (SSSR count). The number of ether oxygens (including phenoxy) is 1. The van der Waals surface area contributed by atoms with E-state index in [2.05, 4.69) is 5.32 Å². The van der Waals surface area contributed by atoms with Crippen molar-refractivity contribution in [1.29, 1.82) is 0 Å². The lowest BCUT2D eigenvalue weighted by atomic mass is 10.0. The minimum atomic E-state index is -0.790. The minimum Gasteiger partial charge on any atom is -0.481 e. The number of carboxylic acid groups (broad SMARTS) is 1. The number of nitrogens with one attached hydrogen (secondary N) is 1. The van der Waals surface area contributed by atoms with Gasteiger partial charge in [-0.05, 0) is 37.9 Å². The molecule has 0 bridgehead atoms. The quantitative estimate of drug-likeness (QED) is 0.673. The van der Waals surface area contributed by atoms with E-state index in [9.17, 15) is 4.79 Å². The van der Waals surface area contributed by atoms with Gasteiger partial charge < -0.3 is 15.2 Å². The second-order valence-electron chi connectivity index (χ2n) is 4.53. The van der Waals surface area contributed by atoms with Crippen molar-refractivity contribution < 1.29 is 14.6 Å². The van der Waals surface area contributed by atoms with E-state index in [1.54, 1.807) is 6.92 Å². The SMILES string of the molecule is CCOCCCNCc1ccc(C(C)C(=O)O)cc1. The van der Waals surface area contributed by atoms with Gasteiger partial charge in [0.2, 0.25) is 0 Å². The molecular weight excluding hydrogens is 242 g/mol. The van der Waals surface area contributed by atoms with E-state index in [1.807, 2.05) is 31.2 Å². The molecule has 2 N–H and O–H groups in total. The predicted octanol–water partition coefficient (Wildman–Crippen LogP) is 2.39. The summed E-state index contributed by atoms with van der Waals surface area (Å²) in [7, 11) is 0. The summed E-state index contributed by atoms with van der Waals surface area (Å²) < 4.78 is 5.25. The first-order valence-corrected chi connectivity index (χ1v) is 6.75. The highest BCUT2D eigenvalue weighted by molar-refractivity contribution is 5.75. The number of hydrogen-bond donors (Lipinski definition) is 2. The van der Waals surface area contributed by atoms with Crippen LogP contribution >= 0.6 is 0 Å². The van der Waals surface area contributed by atoms with Gasteiger partial charge in [-0.25, -0.2) is 0 Å². The fourth-order valence-corrected chi connectivity index (χ4v) is 1.74. The molecule has 1 aromatic rings. The van der Waals surface area contributed by atoms with Crippen LogP contribution in [-0.2, 0) is 16.1 Å². The van der Waals surface area contributed by atoms with E-state index in [1.165, 1.54) is 0 Å². The van der Waals surface area contributed by atoms with Gasteiger partial charge in [-0.15, -0.1) is 0 Å². The highest BCUT2D eigenvalue weighted by atomic mass is 16.5. The average molecular weight is 265 g/mol. The summed E-state index contributed by atoms with van der Waals surface area (Å²) in [6.45, 7) is 6.97. The second-order valence-corrected chi connectivity index (χ2v) is 4.53. The molecule has 0 fully saturated rings. The molecular formula is C15H23NO3. The van der Waals surface area contributed by atoms with Crippen LogP contribution in [0.1, 0.15) is 37.3 Å². The molecule has 0 amide bonds. The highest BCUT2D eigenvalue weighted by Crippen LogP contribution is 2.15. The molecule has 0 aliphatic carbocycles. The number of rotatable bonds is 9. The van der Waals surface area contributed by atoms with Crippen LogP contribution < -0.4 is 5.32 Å². The number of carboxylic acids is 1. The van der Waals surface area contributed by atoms with E-state index >= 15 is 0 Å². The Balaban J connectivity index is 2.30. The fraction of sp³-hybridized carbons (Fsp3) is 0.533. The smallest absolute Gasteiger partial charge is 0.310 e. The van der Waals surface area contributed by atoms with Gasteiger partial charge in [0.25, 0.3) is 0 Å². The maximum Gasteiger partial charge on any atom is 0.310 e. The monoisotopic (exact) mass is 265 g/mol. The lowest BCUT2D eigenvalue weighted by Crippen LogP contribution is -2.16. The van der Waals surface area contributed by atoms with Crippen LogP contribution in [0.2, 0.25) is 0 Å². The van der Waals surface area contributed by atoms with Crippen molar-refractivity contribution in [2.45, 2.75) is 32.7 Å². The van der Waals surface area contributed by atoms with Crippen molar-refractivity contribution >= 4 is 5.97 Å². The van der Waals surface area contributed by atoms with Gasteiger partial charge in [0.15, 0.2) is 0 Å². The molecule has 0 saturated heterocycles. The molecule has 0 saturated carbocycles. The fourth-order valence-electron chi connectivity index (χ4n) is 1.74. The van der Waals surface area contributed by atoms with Crippen LogP contribution in [0.4, 0.5) is 0 Å². The Bertz CT molecular complexity index is 375. The molecule has 1 aromatic carbocycles. The van der Waals surface area contributed by atoms with Crippen molar-refractivity contribution in [3.05, 3.63) is 35.4 Å². The van der Waals surface area contributed by atoms with E-state index < -0.39 is 11.9 Å². The zero-order valence-electron chi connectivity index (χ0n) is 11.7. The zero-order valence-corrected chi connectivity index (χ0v) is 11.7. The van der Waals surface area contributed by atoms with E-state index in [0.717, 1.165) is 43.9 Å². The molecule has 0 aliphatic heterocycles. The number of benzene rings is 1. The molecule has 4 heteroatoms. The third-order valence-corrected chi connectivity index (χ3v) is 3.03. The molecule has 4 nitrogen and oxygen atoms in total. The van der Waals surface area contributed by atoms with Gasteiger partial charge >= 0.3 is 5.97 Å². The first kappa shape index (κ1) is 15.7. The lowest BCUT2D eigenvalue weighted by molar-refractivity contribution is -0.138. The third-order valence-electron chi connectivity index (χ3n) is 3.03. The number of carbonyl (C=O) groups is 1. The van der Waals surface area contributed by atoms with Gasteiger partial charge in [0.1, 0.15) is 0 Å². The molecule has 106 valence electrons. The van der Waals surface area contributed by atoms with Gasteiger partial charge in [-0.1, -0.05) is 24.3 Å². The summed E-state index contributed by atoms with van der Waals surface area (Å²) in [6, 6.07) is 7.72. The Morgan fingerprint density at radius 2 is 2.05 bits per heavy atom. The third kappa shape index (κ3) is 5.85. The summed E-state index contributed by atoms with van der Waals surface area (Å²) in [5.41, 5.74) is 2.00. The second kappa shape index (κ2) is 8.67. The molecule has 19 heavy (non-hydrogen) atoms. The van der Waals surface area contributed by atoms with E-state index in [0.29, 0.717) is 0 Å². The first-order chi connectivity index (χ1) is 9.15. The van der Waals surface area contributed by atoms with Crippen LogP contribution in [0.5, 0.6) is 0 Å². The van der Waals surface area contributed by atoms with Crippen LogP contribution in [0, 0.1) is 0 Å². The maximum atomic E-state index is 10.9. The van der Waals surface area contributed by atoms with Crippen molar-refractivity contribution in [3.8, 4) is 0 Å². The largest absolute Gasteiger partial charge is 0.481 e. The minimum absolute atomic E-state index is 0.451. The van der Waals surface area contributed by atoms with Gasteiger partial charge in [-0.2, -0.15) is 0 Å². The van der Waals surface area contributed by atoms with Gasteiger partial charge in [-0.3, -0.25) is 4.79 Å². The van der Waals surface area contributed by atoms with Crippen LogP contribution in [-0.4, -0.2) is 30.8 Å². The van der Waals surface area contributed by atoms with Crippen LogP contribution in [0.3, 0.4) is 0 Å². The Hall–Kier alpha value is -1.39. The van der Waals surface area contributed by atoms with Gasteiger partial charge in [0, 0.05) is 19.8 Å². The summed E-state index contributed by atoms with van der Waals surface area (Å²) in [4.78, 5) is 10.9. The Labute approximate surface area is 114 Å². The van der Waals surface area contributed by atoms with Crippen LogP contribution in [0.15, 0.2) is 24.3 Å². The molecule has 0 heterocycles. The van der Waals surface area contributed by atoms with E-state index in [-0.39, 0.29) is 0 Å². The molecule has 0 aromatic heterocycles.